The summed E-state index contributed by atoms with van der Waals surface area (Å²) >= 11 is 0. The van der Waals surface area contributed by atoms with Crippen LogP contribution >= 0.6 is 0 Å². The number of nitrogens with zero attached hydrogens (tertiary/aromatic N) is 2. The molecule has 0 atom stereocenters. The van der Waals surface area contributed by atoms with Crippen LogP contribution in [-0.4, -0.2) is 27.2 Å². The molecule has 1 aromatic carbocycles. The Morgan fingerprint density at radius 3 is 2.81 bits per heavy atom. The molecule has 0 unspecified atom stereocenters. The van der Waals surface area contributed by atoms with Crippen LogP contribution in [0.4, 0.5) is 0 Å². The number of hydrogen-bond acceptors (Lipinski definition) is 3. The number of aryl methyl sites for hydroxylation is 1. The maximum absolute atomic E-state index is 10.8. The van der Waals surface area contributed by atoms with E-state index in [4.69, 9.17) is 9.84 Å². The number of fused-ring (bicyclic) bond motifs is 1. The van der Waals surface area contributed by atoms with Crippen LogP contribution < -0.4 is 4.74 Å². The molecular formula is C16H22N2O3. The molecule has 114 valence electrons. The molecule has 0 aliphatic carbocycles. The zero-order valence-electron chi connectivity index (χ0n) is 12.8. The van der Waals surface area contributed by atoms with Gasteiger partial charge in [-0.05, 0) is 32.4 Å². The third-order valence-corrected chi connectivity index (χ3v) is 3.29. The van der Waals surface area contributed by atoms with E-state index in [9.17, 15) is 4.79 Å². The van der Waals surface area contributed by atoms with E-state index in [1.807, 2.05) is 18.2 Å². The lowest BCUT2D eigenvalue weighted by Gasteiger charge is -2.12. The van der Waals surface area contributed by atoms with E-state index < -0.39 is 5.97 Å². The zero-order chi connectivity index (χ0) is 15.4. The van der Waals surface area contributed by atoms with Crippen molar-refractivity contribution in [2.24, 2.45) is 0 Å². The van der Waals surface area contributed by atoms with Crippen LogP contribution in [0, 0.1) is 0 Å². The molecule has 0 amide bonds. The lowest BCUT2D eigenvalue weighted by molar-refractivity contribution is -0.137. The maximum atomic E-state index is 10.8. The lowest BCUT2D eigenvalue weighted by Crippen LogP contribution is -2.08. The third-order valence-electron chi connectivity index (χ3n) is 3.29. The number of imidazole rings is 1. The average molecular weight is 290 g/mol. The fraction of sp³-hybridized carbons (Fsp3) is 0.500. The van der Waals surface area contributed by atoms with Gasteiger partial charge in [-0.15, -0.1) is 0 Å². The molecule has 0 bridgehead atoms. The first-order valence-corrected chi connectivity index (χ1v) is 7.38. The van der Waals surface area contributed by atoms with E-state index in [0.29, 0.717) is 13.0 Å². The van der Waals surface area contributed by atoms with Gasteiger partial charge < -0.3 is 14.4 Å². The van der Waals surface area contributed by atoms with Gasteiger partial charge in [0.2, 0.25) is 0 Å². The molecule has 5 nitrogen and oxygen atoms in total. The van der Waals surface area contributed by atoms with Crippen molar-refractivity contribution < 1.29 is 14.6 Å². The van der Waals surface area contributed by atoms with Gasteiger partial charge in [0, 0.05) is 18.5 Å². The van der Waals surface area contributed by atoms with E-state index in [2.05, 4.69) is 30.3 Å². The quantitative estimate of drug-likeness (QED) is 0.848. The first-order chi connectivity index (χ1) is 10.0. The van der Waals surface area contributed by atoms with Gasteiger partial charge in [-0.3, -0.25) is 4.79 Å². The van der Waals surface area contributed by atoms with Crippen LogP contribution in [0.1, 0.15) is 45.5 Å². The van der Waals surface area contributed by atoms with Crippen molar-refractivity contribution >= 4 is 17.0 Å². The summed E-state index contributed by atoms with van der Waals surface area (Å²) in [5.41, 5.74) is 1.88. The molecule has 0 saturated heterocycles. The molecule has 2 rings (SSSR count). The molecular weight excluding hydrogens is 268 g/mol. The van der Waals surface area contributed by atoms with Crippen LogP contribution in [0.3, 0.4) is 0 Å². The molecule has 2 aromatic rings. The summed E-state index contributed by atoms with van der Waals surface area (Å²) < 4.78 is 7.73. The van der Waals surface area contributed by atoms with Crippen molar-refractivity contribution in [1.82, 2.24) is 9.55 Å². The number of carboxylic acids is 1. The molecule has 0 radical (unpaired) electrons. The van der Waals surface area contributed by atoms with Gasteiger partial charge in [-0.2, -0.15) is 0 Å². The Kier molecular flexibility index (Phi) is 4.83. The Morgan fingerprint density at radius 2 is 2.19 bits per heavy atom. The fourth-order valence-corrected chi connectivity index (χ4v) is 2.41. The van der Waals surface area contributed by atoms with Gasteiger partial charge in [0.15, 0.2) is 0 Å². The highest BCUT2D eigenvalue weighted by Crippen LogP contribution is 2.25. The monoisotopic (exact) mass is 290 g/mol. The Balaban J connectivity index is 2.38. The smallest absolute Gasteiger partial charge is 0.303 e. The summed E-state index contributed by atoms with van der Waals surface area (Å²) in [6.45, 7) is 6.90. The Morgan fingerprint density at radius 1 is 1.43 bits per heavy atom. The van der Waals surface area contributed by atoms with Crippen molar-refractivity contribution in [3.8, 4) is 5.75 Å². The number of carbonyl (C=O) groups is 1. The summed E-state index contributed by atoms with van der Waals surface area (Å²) in [4.78, 5) is 15.4. The van der Waals surface area contributed by atoms with Crippen LogP contribution in [0.25, 0.3) is 11.0 Å². The molecule has 5 heteroatoms. The highest BCUT2D eigenvalue weighted by molar-refractivity contribution is 5.78. The molecule has 0 aliphatic rings. The first-order valence-electron chi connectivity index (χ1n) is 7.38. The highest BCUT2D eigenvalue weighted by atomic mass is 16.5. The molecule has 1 heterocycles. The van der Waals surface area contributed by atoms with Crippen molar-refractivity contribution in [3.63, 3.8) is 0 Å². The van der Waals surface area contributed by atoms with Crippen molar-refractivity contribution in [1.29, 1.82) is 0 Å². The van der Waals surface area contributed by atoms with E-state index in [-0.39, 0.29) is 12.5 Å². The predicted molar refractivity (Wildman–Crippen MR) is 81.9 cm³/mol. The molecule has 0 aliphatic heterocycles. The molecule has 0 saturated carbocycles. The number of aromatic nitrogens is 2. The van der Waals surface area contributed by atoms with Crippen molar-refractivity contribution in [3.05, 3.63) is 24.0 Å². The standard InChI is InChI=1S/C16H22N2O3/c1-4-9-21-12-5-6-14-13(10-12)17-15(7-8-16(19)20)18(14)11(2)3/h5-6,10-11H,4,7-9H2,1-3H3,(H,19,20). The second kappa shape index (κ2) is 6.61. The van der Waals surface area contributed by atoms with Crippen LogP contribution in [0.5, 0.6) is 5.75 Å². The topological polar surface area (TPSA) is 64.3 Å². The van der Waals surface area contributed by atoms with E-state index in [0.717, 1.165) is 29.0 Å². The second-order valence-electron chi connectivity index (χ2n) is 5.38. The van der Waals surface area contributed by atoms with Crippen LogP contribution in [0.2, 0.25) is 0 Å². The van der Waals surface area contributed by atoms with E-state index >= 15 is 0 Å². The molecule has 0 fully saturated rings. The summed E-state index contributed by atoms with van der Waals surface area (Å²) in [7, 11) is 0. The lowest BCUT2D eigenvalue weighted by atomic mass is 10.2. The van der Waals surface area contributed by atoms with Gasteiger partial charge in [0.25, 0.3) is 0 Å². The largest absolute Gasteiger partial charge is 0.494 e. The molecule has 1 N–H and O–H groups in total. The summed E-state index contributed by atoms with van der Waals surface area (Å²) in [5, 5.41) is 8.86. The normalized spacial score (nSPS) is 11.2. The van der Waals surface area contributed by atoms with E-state index in [1.54, 1.807) is 0 Å². The Labute approximate surface area is 124 Å². The second-order valence-corrected chi connectivity index (χ2v) is 5.38. The maximum Gasteiger partial charge on any atom is 0.303 e. The van der Waals surface area contributed by atoms with Gasteiger partial charge in [0.1, 0.15) is 11.6 Å². The van der Waals surface area contributed by atoms with Gasteiger partial charge in [-0.25, -0.2) is 4.98 Å². The Hall–Kier alpha value is -2.04. The zero-order valence-corrected chi connectivity index (χ0v) is 12.8. The summed E-state index contributed by atoms with van der Waals surface area (Å²) in [5.74, 6) is 0.821. The number of hydrogen-bond donors (Lipinski definition) is 1. The number of rotatable bonds is 7. The first kappa shape index (κ1) is 15.4. The van der Waals surface area contributed by atoms with Crippen molar-refractivity contribution in [2.75, 3.05) is 6.61 Å². The van der Waals surface area contributed by atoms with Crippen LogP contribution in [0.15, 0.2) is 18.2 Å². The minimum absolute atomic E-state index is 0.0925. The minimum atomic E-state index is -0.802. The Bertz CT molecular complexity index is 632. The van der Waals surface area contributed by atoms with Crippen molar-refractivity contribution in [2.45, 2.75) is 46.1 Å². The number of ether oxygens (including phenoxy) is 1. The van der Waals surface area contributed by atoms with Crippen LogP contribution in [-0.2, 0) is 11.2 Å². The summed E-state index contributed by atoms with van der Waals surface area (Å²) in [6.07, 6.45) is 1.49. The number of benzene rings is 1. The van der Waals surface area contributed by atoms with E-state index in [1.165, 1.54) is 0 Å². The average Bonchev–Trinajstić information content (AvgIpc) is 2.80. The van der Waals surface area contributed by atoms with Gasteiger partial charge >= 0.3 is 5.97 Å². The highest BCUT2D eigenvalue weighted by Gasteiger charge is 2.14. The third kappa shape index (κ3) is 3.54. The predicted octanol–water partition coefficient (Wildman–Crippen LogP) is 3.42. The molecule has 21 heavy (non-hydrogen) atoms. The SMILES string of the molecule is CCCOc1ccc2c(c1)nc(CCC(=O)O)n2C(C)C. The number of carboxylic acid groups (broad SMARTS) is 1. The fourth-order valence-electron chi connectivity index (χ4n) is 2.41. The van der Waals surface area contributed by atoms with Gasteiger partial charge in [-0.1, -0.05) is 6.92 Å². The molecule has 0 spiro atoms. The number of aliphatic carboxylic acids is 1. The summed E-state index contributed by atoms with van der Waals surface area (Å²) in [6, 6.07) is 6.10. The molecule has 1 aromatic heterocycles. The van der Waals surface area contributed by atoms with Gasteiger partial charge in [0.05, 0.1) is 24.1 Å². The minimum Gasteiger partial charge on any atom is -0.494 e.